The van der Waals surface area contributed by atoms with Crippen LogP contribution in [0.15, 0.2) is 36.4 Å². The van der Waals surface area contributed by atoms with Gasteiger partial charge in [-0.2, -0.15) is 4.98 Å². The van der Waals surface area contributed by atoms with Crippen LogP contribution in [0, 0.1) is 12.5 Å². The Morgan fingerprint density at radius 1 is 1.27 bits per heavy atom. The summed E-state index contributed by atoms with van der Waals surface area (Å²) >= 11 is 6.24. The van der Waals surface area contributed by atoms with E-state index in [0.29, 0.717) is 66.2 Å². The van der Waals surface area contributed by atoms with Crippen LogP contribution in [0.3, 0.4) is 0 Å². The number of methoxy groups -OCH3 is 1. The number of halogens is 1. The molecular formula is C23H21ClN5NaO3. The molecule has 164 valence electrons. The molecule has 3 aromatic rings. The second-order valence-electron chi connectivity index (χ2n) is 7.59. The number of aliphatic carboxylic acids is 1. The van der Waals surface area contributed by atoms with Gasteiger partial charge in [0.2, 0.25) is 5.95 Å². The fraction of sp³-hybridized carbons (Fsp3) is 0.304. The van der Waals surface area contributed by atoms with Gasteiger partial charge in [-0.05, 0) is 42.7 Å². The number of carbonyl (C=O) groups is 1. The van der Waals surface area contributed by atoms with E-state index in [1.54, 1.807) is 31.4 Å². The van der Waals surface area contributed by atoms with E-state index in [2.05, 4.69) is 15.1 Å². The van der Waals surface area contributed by atoms with E-state index in [1.165, 1.54) is 0 Å². The largest absolute Gasteiger partial charge is 1.00 e. The molecular weight excluding hydrogens is 453 g/mol. The van der Waals surface area contributed by atoms with Gasteiger partial charge in [0.1, 0.15) is 11.6 Å². The molecule has 0 bridgehead atoms. The number of anilines is 2. The Kier molecular flexibility index (Phi) is 8.38. The SMILES string of the molecule is [C-]#[N+]c1ccc2nc(N3CCC(C(=O)[O-])CC3)nc(NCc3ccc(OC)c(Cl)c3)c2c1.[Na+]. The van der Waals surface area contributed by atoms with Gasteiger partial charge in [-0.25, -0.2) is 9.83 Å². The number of hydrogen-bond acceptors (Lipinski definition) is 7. The first-order valence-corrected chi connectivity index (χ1v) is 10.6. The van der Waals surface area contributed by atoms with Gasteiger partial charge in [0.05, 0.1) is 24.2 Å². The van der Waals surface area contributed by atoms with Gasteiger partial charge in [-0.3, -0.25) is 0 Å². The van der Waals surface area contributed by atoms with E-state index < -0.39 is 11.9 Å². The molecule has 8 nitrogen and oxygen atoms in total. The number of aromatic nitrogens is 2. The van der Waals surface area contributed by atoms with E-state index in [9.17, 15) is 9.90 Å². The molecule has 10 heteroatoms. The molecule has 0 amide bonds. The van der Waals surface area contributed by atoms with Crippen molar-refractivity contribution in [2.75, 3.05) is 30.4 Å². The van der Waals surface area contributed by atoms with Gasteiger partial charge in [0, 0.05) is 36.9 Å². The molecule has 0 unspecified atom stereocenters. The molecule has 1 aromatic heterocycles. The van der Waals surface area contributed by atoms with E-state index >= 15 is 0 Å². The Hall–Kier alpha value is -2.57. The van der Waals surface area contributed by atoms with Crippen LogP contribution < -0.4 is 49.6 Å². The van der Waals surface area contributed by atoms with E-state index in [-0.39, 0.29) is 29.6 Å². The van der Waals surface area contributed by atoms with Gasteiger partial charge in [-0.1, -0.05) is 23.7 Å². The molecule has 0 aliphatic carbocycles. The number of ether oxygens (including phenoxy) is 1. The van der Waals surface area contributed by atoms with Crippen molar-refractivity contribution >= 4 is 45.9 Å². The molecule has 0 radical (unpaired) electrons. The summed E-state index contributed by atoms with van der Waals surface area (Å²) in [5.74, 6) is 0.290. The zero-order valence-corrected chi connectivity index (χ0v) is 21.2. The standard InChI is InChI=1S/C23H22ClN5O3.Na/c1-25-16-4-5-19-17(12-16)21(26-13-14-3-6-20(32-2)18(24)11-14)28-23(27-19)29-9-7-15(8-10-29)22(30)31;/h3-6,11-12,15H,7-10,13H2,2H3,(H,30,31)(H,26,27,28);/q;+1/p-1. The van der Waals surface area contributed by atoms with Gasteiger partial charge in [-0.15, -0.1) is 0 Å². The van der Waals surface area contributed by atoms with Crippen molar-refractivity contribution in [3.8, 4) is 5.75 Å². The van der Waals surface area contributed by atoms with Crippen molar-refractivity contribution in [1.82, 2.24) is 9.97 Å². The van der Waals surface area contributed by atoms with Crippen molar-refractivity contribution in [1.29, 1.82) is 0 Å². The van der Waals surface area contributed by atoms with E-state index in [4.69, 9.17) is 27.9 Å². The van der Waals surface area contributed by atoms with Crippen LogP contribution in [0.2, 0.25) is 5.02 Å². The Labute approximate surface area is 219 Å². The third kappa shape index (κ3) is 5.68. The Morgan fingerprint density at radius 2 is 2.03 bits per heavy atom. The average Bonchev–Trinajstić information content (AvgIpc) is 2.82. The topological polar surface area (TPSA) is 94.8 Å². The normalized spacial score (nSPS) is 13.8. The third-order valence-electron chi connectivity index (χ3n) is 5.58. The van der Waals surface area contributed by atoms with Crippen LogP contribution in [0.1, 0.15) is 18.4 Å². The molecule has 1 N–H and O–H groups in total. The summed E-state index contributed by atoms with van der Waals surface area (Å²) in [6, 6.07) is 10.8. The minimum Gasteiger partial charge on any atom is -0.550 e. The van der Waals surface area contributed by atoms with Crippen molar-refractivity contribution in [2.45, 2.75) is 19.4 Å². The summed E-state index contributed by atoms with van der Waals surface area (Å²) < 4.78 is 5.20. The van der Waals surface area contributed by atoms with Crippen molar-refractivity contribution in [3.63, 3.8) is 0 Å². The predicted molar refractivity (Wildman–Crippen MR) is 121 cm³/mol. The second kappa shape index (κ2) is 11.0. The first-order valence-electron chi connectivity index (χ1n) is 10.2. The molecule has 1 aliphatic rings. The summed E-state index contributed by atoms with van der Waals surface area (Å²) in [7, 11) is 1.57. The van der Waals surface area contributed by atoms with Gasteiger partial charge in [0.15, 0.2) is 5.69 Å². The molecule has 0 saturated carbocycles. The monoisotopic (exact) mass is 473 g/mol. The van der Waals surface area contributed by atoms with Gasteiger partial charge < -0.3 is 24.9 Å². The number of hydrogen-bond donors (Lipinski definition) is 1. The minimum absolute atomic E-state index is 0. The fourth-order valence-corrected chi connectivity index (χ4v) is 4.05. The number of nitrogens with zero attached hydrogens (tertiary/aromatic N) is 4. The van der Waals surface area contributed by atoms with Crippen LogP contribution in [0.5, 0.6) is 5.75 Å². The number of carbonyl (C=O) groups excluding carboxylic acids is 1. The number of piperidine rings is 1. The quantitative estimate of drug-likeness (QED) is 0.409. The first-order chi connectivity index (χ1) is 15.5. The molecule has 4 rings (SSSR count). The van der Waals surface area contributed by atoms with Crippen LogP contribution in [-0.4, -0.2) is 36.1 Å². The third-order valence-corrected chi connectivity index (χ3v) is 5.88. The summed E-state index contributed by atoms with van der Waals surface area (Å²) in [4.78, 5) is 26.0. The summed E-state index contributed by atoms with van der Waals surface area (Å²) in [6.07, 6.45) is 0.987. The van der Waals surface area contributed by atoms with Crippen LogP contribution >= 0.6 is 11.6 Å². The summed E-state index contributed by atoms with van der Waals surface area (Å²) in [5, 5.41) is 15.8. The maximum absolute atomic E-state index is 11.2. The first kappa shape index (κ1) is 25.1. The van der Waals surface area contributed by atoms with E-state index in [1.807, 2.05) is 17.0 Å². The molecule has 33 heavy (non-hydrogen) atoms. The van der Waals surface area contributed by atoms with Gasteiger partial charge in [0.25, 0.3) is 0 Å². The second-order valence-corrected chi connectivity index (χ2v) is 8.00. The fourth-order valence-electron chi connectivity index (χ4n) is 3.77. The summed E-state index contributed by atoms with van der Waals surface area (Å²) in [6.45, 7) is 8.86. The molecule has 0 atom stereocenters. The predicted octanol–water partition coefficient (Wildman–Crippen LogP) is 0.425. The maximum Gasteiger partial charge on any atom is 1.00 e. The molecule has 2 aromatic carbocycles. The average molecular weight is 474 g/mol. The van der Waals surface area contributed by atoms with Crippen molar-refractivity contribution < 1.29 is 44.2 Å². The molecule has 0 spiro atoms. The Bertz CT molecular complexity index is 1210. The number of rotatable bonds is 6. The number of nitrogens with one attached hydrogen (secondary N) is 1. The molecule has 1 fully saturated rings. The number of fused-ring (bicyclic) bond motifs is 1. The number of carboxylic acid groups (broad SMARTS) is 1. The van der Waals surface area contributed by atoms with Crippen LogP contribution in [0.25, 0.3) is 15.7 Å². The van der Waals surface area contributed by atoms with Crippen molar-refractivity contribution in [2.24, 2.45) is 5.92 Å². The summed E-state index contributed by atoms with van der Waals surface area (Å²) in [5.41, 5.74) is 2.15. The number of carboxylic acids is 1. The zero-order chi connectivity index (χ0) is 22.7. The molecule has 1 aliphatic heterocycles. The van der Waals surface area contributed by atoms with Gasteiger partial charge >= 0.3 is 29.6 Å². The maximum atomic E-state index is 11.2. The molecule has 2 heterocycles. The van der Waals surface area contributed by atoms with Crippen molar-refractivity contribution in [3.05, 3.63) is 58.4 Å². The molecule has 1 saturated heterocycles. The van der Waals surface area contributed by atoms with E-state index in [0.717, 1.165) is 10.9 Å². The van der Waals surface area contributed by atoms with Crippen LogP contribution in [-0.2, 0) is 11.3 Å². The van der Waals surface area contributed by atoms with Crippen LogP contribution in [0.4, 0.5) is 17.5 Å². The number of benzene rings is 2. The Balaban J connectivity index is 0.00000306. The zero-order valence-electron chi connectivity index (χ0n) is 18.5. The minimum atomic E-state index is -1.00. The smallest absolute Gasteiger partial charge is 0.550 e. The Morgan fingerprint density at radius 3 is 2.67 bits per heavy atom.